The highest BCUT2D eigenvalue weighted by molar-refractivity contribution is 5.83. The van der Waals surface area contributed by atoms with E-state index in [1.807, 2.05) is 24.1 Å². The molecule has 0 aliphatic carbocycles. The highest BCUT2D eigenvalue weighted by Crippen LogP contribution is 2.16. The van der Waals surface area contributed by atoms with E-state index in [1.165, 1.54) is 16.3 Å². The predicted molar refractivity (Wildman–Crippen MR) is 71.0 cm³/mol. The van der Waals surface area contributed by atoms with Crippen molar-refractivity contribution < 1.29 is 4.79 Å². The number of ketones is 1. The number of carbonyl (C=O) groups is 1. The summed E-state index contributed by atoms with van der Waals surface area (Å²) in [5.74, 6) is 0.202. The second kappa shape index (κ2) is 5.11. The van der Waals surface area contributed by atoms with Gasteiger partial charge in [0, 0.05) is 6.54 Å². The summed E-state index contributed by atoms with van der Waals surface area (Å²) < 4.78 is 0. The summed E-state index contributed by atoms with van der Waals surface area (Å²) in [5.41, 5.74) is 1.24. The van der Waals surface area contributed by atoms with Crippen molar-refractivity contribution in [1.82, 2.24) is 4.90 Å². The zero-order valence-electron chi connectivity index (χ0n) is 10.3. The summed E-state index contributed by atoms with van der Waals surface area (Å²) in [4.78, 5) is 13.0. The molecule has 0 radical (unpaired) electrons. The third-order valence-corrected chi connectivity index (χ3v) is 2.76. The van der Waals surface area contributed by atoms with Crippen LogP contribution in [0.15, 0.2) is 42.5 Å². The minimum absolute atomic E-state index is 0.202. The van der Waals surface area contributed by atoms with Crippen LogP contribution in [-0.2, 0) is 11.3 Å². The molecular weight excluding hydrogens is 210 g/mol. The van der Waals surface area contributed by atoms with Gasteiger partial charge in [-0.1, -0.05) is 36.4 Å². The van der Waals surface area contributed by atoms with Crippen molar-refractivity contribution in [2.45, 2.75) is 13.5 Å². The summed E-state index contributed by atoms with van der Waals surface area (Å²) in [6.07, 6.45) is 0. The fourth-order valence-electron chi connectivity index (χ4n) is 2.08. The molecule has 2 nitrogen and oxygen atoms in total. The van der Waals surface area contributed by atoms with Gasteiger partial charge in [-0.15, -0.1) is 0 Å². The number of hydrogen-bond acceptors (Lipinski definition) is 2. The number of Topliss-reactive ketones (excluding diaryl/α,β-unsaturated/α-hetero) is 1. The maximum absolute atomic E-state index is 11.0. The van der Waals surface area contributed by atoms with Crippen LogP contribution in [0.25, 0.3) is 10.8 Å². The average molecular weight is 227 g/mol. The Hall–Kier alpha value is -1.67. The molecule has 0 amide bonds. The zero-order chi connectivity index (χ0) is 12.3. The number of nitrogens with zero attached hydrogens (tertiary/aromatic N) is 1. The van der Waals surface area contributed by atoms with Crippen LogP contribution in [0.4, 0.5) is 0 Å². The molecule has 0 atom stereocenters. The molecule has 0 aromatic heterocycles. The van der Waals surface area contributed by atoms with Crippen LogP contribution in [0.3, 0.4) is 0 Å². The Kier molecular flexibility index (Phi) is 3.55. The maximum atomic E-state index is 11.0. The van der Waals surface area contributed by atoms with E-state index < -0.39 is 0 Å². The third-order valence-electron chi connectivity index (χ3n) is 2.76. The first-order valence-electron chi connectivity index (χ1n) is 5.81. The Morgan fingerprint density at radius 1 is 1.12 bits per heavy atom. The first-order valence-corrected chi connectivity index (χ1v) is 5.81. The fraction of sp³-hybridized carbons (Fsp3) is 0.267. The van der Waals surface area contributed by atoms with Crippen molar-refractivity contribution in [3.05, 3.63) is 48.0 Å². The molecule has 2 aromatic rings. The molecule has 0 aliphatic rings. The van der Waals surface area contributed by atoms with E-state index in [2.05, 4.69) is 30.3 Å². The Morgan fingerprint density at radius 2 is 1.82 bits per heavy atom. The van der Waals surface area contributed by atoms with Gasteiger partial charge in [0.2, 0.25) is 0 Å². The van der Waals surface area contributed by atoms with Crippen molar-refractivity contribution in [3.63, 3.8) is 0 Å². The molecule has 0 spiro atoms. The largest absolute Gasteiger partial charge is 0.299 e. The molecule has 88 valence electrons. The van der Waals surface area contributed by atoms with E-state index in [0.29, 0.717) is 6.54 Å². The standard InChI is InChI=1S/C15H17NO/c1-12(17)10-16(2)11-13-7-8-14-5-3-4-6-15(14)9-13/h3-9H,10-11H2,1-2H3. The number of benzene rings is 2. The first-order chi connectivity index (χ1) is 8.15. The summed E-state index contributed by atoms with van der Waals surface area (Å²) in [6.45, 7) is 2.94. The van der Waals surface area contributed by atoms with Gasteiger partial charge in [0.05, 0.1) is 6.54 Å². The molecule has 0 saturated carbocycles. The van der Waals surface area contributed by atoms with E-state index in [-0.39, 0.29) is 5.78 Å². The predicted octanol–water partition coefficient (Wildman–Crippen LogP) is 2.86. The monoisotopic (exact) mass is 227 g/mol. The number of carbonyl (C=O) groups excluding carboxylic acids is 1. The van der Waals surface area contributed by atoms with Gasteiger partial charge in [-0.25, -0.2) is 0 Å². The van der Waals surface area contributed by atoms with Crippen molar-refractivity contribution in [2.24, 2.45) is 0 Å². The van der Waals surface area contributed by atoms with Gasteiger partial charge in [0.1, 0.15) is 5.78 Å². The van der Waals surface area contributed by atoms with E-state index in [9.17, 15) is 4.79 Å². The van der Waals surface area contributed by atoms with Crippen LogP contribution in [0, 0.1) is 0 Å². The van der Waals surface area contributed by atoms with Crippen molar-refractivity contribution in [3.8, 4) is 0 Å². The fourth-order valence-corrected chi connectivity index (χ4v) is 2.08. The van der Waals surface area contributed by atoms with Crippen LogP contribution in [0.2, 0.25) is 0 Å². The summed E-state index contributed by atoms with van der Waals surface area (Å²) in [7, 11) is 1.97. The molecule has 0 unspecified atom stereocenters. The topological polar surface area (TPSA) is 20.3 Å². The van der Waals surface area contributed by atoms with Crippen LogP contribution in [-0.4, -0.2) is 24.3 Å². The van der Waals surface area contributed by atoms with Gasteiger partial charge in [-0.05, 0) is 36.4 Å². The second-order valence-electron chi connectivity index (χ2n) is 4.56. The van der Waals surface area contributed by atoms with Gasteiger partial charge < -0.3 is 0 Å². The Balaban J connectivity index is 2.16. The highest BCUT2D eigenvalue weighted by Gasteiger charge is 2.03. The highest BCUT2D eigenvalue weighted by atomic mass is 16.1. The summed E-state index contributed by atoms with van der Waals surface area (Å²) >= 11 is 0. The minimum Gasteiger partial charge on any atom is -0.299 e. The molecule has 0 bridgehead atoms. The lowest BCUT2D eigenvalue weighted by atomic mass is 10.1. The van der Waals surface area contributed by atoms with Gasteiger partial charge in [-0.2, -0.15) is 0 Å². The molecular formula is C15H17NO. The molecule has 2 heteroatoms. The Morgan fingerprint density at radius 3 is 2.53 bits per heavy atom. The number of rotatable bonds is 4. The molecule has 0 heterocycles. The zero-order valence-corrected chi connectivity index (χ0v) is 10.3. The SMILES string of the molecule is CC(=O)CN(C)Cc1ccc2ccccc2c1. The van der Waals surface area contributed by atoms with E-state index >= 15 is 0 Å². The molecule has 0 N–H and O–H groups in total. The lowest BCUT2D eigenvalue weighted by molar-refractivity contribution is -0.117. The normalized spacial score (nSPS) is 11.0. The van der Waals surface area contributed by atoms with E-state index in [0.717, 1.165) is 6.54 Å². The van der Waals surface area contributed by atoms with Crippen LogP contribution in [0.1, 0.15) is 12.5 Å². The molecule has 0 saturated heterocycles. The smallest absolute Gasteiger partial charge is 0.143 e. The van der Waals surface area contributed by atoms with Crippen molar-refractivity contribution >= 4 is 16.6 Å². The van der Waals surface area contributed by atoms with Crippen LogP contribution < -0.4 is 0 Å². The summed E-state index contributed by atoms with van der Waals surface area (Å²) in [5, 5.41) is 2.51. The van der Waals surface area contributed by atoms with Crippen LogP contribution >= 0.6 is 0 Å². The van der Waals surface area contributed by atoms with E-state index in [1.54, 1.807) is 6.92 Å². The lowest BCUT2D eigenvalue weighted by Gasteiger charge is -2.15. The number of likely N-dealkylation sites (N-methyl/N-ethyl adjacent to an activating group) is 1. The van der Waals surface area contributed by atoms with Crippen LogP contribution in [0.5, 0.6) is 0 Å². The summed E-state index contributed by atoms with van der Waals surface area (Å²) in [6, 6.07) is 14.8. The van der Waals surface area contributed by atoms with Crippen molar-refractivity contribution in [2.75, 3.05) is 13.6 Å². The van der Waals surface area contributed by atoms with E-state index in [4.69, 9.17) is 0 Å². The van der Waals surface area contributed by atoms with Gasteiger partial charge in [0.15, 0.2) is 0 Å². The van der Waals surface area contributed by atoms with Gasteiger partial charge in [-0.3, -0.25) is 9.69 Å². The van der Waals surface area contributed by atoms with Gasteiger partial charge in [0.25, 0.3) is 0 Å². The number of hydrogen-bond donors (Lipinski definition) is 0. The second-order valence-corrected chi connectivity index (χ2v) is 4.56. The Bertz CT molecular complexity index is 533. The molecule has 0 aliphatic heterocycles. The quantitative estimate of drug-likeness (QED) is 0.800. The average Bonchev–Trinajstić information content (AvgIpc) is 2.27. The molecule has 2 rings (SSSR count). The molecule has 0 fully saturated rings. The Labute approximate surface area is 102 Å². The third kappa shape index (κ3) is 3.14. The molecule has 2 aromatic carbocycles. The maximum Gasteiger partial charge on any atom is 0.143 e. The number of fused-ring (bicyclic) bond motifs is 1. The minimum atomic E-state index is 0.202. The van der Waals surface area contributed by atoms with Crippen molar-refractivity contribution in [1.29, 1.82) is 0 Å². The van der Waals surface area contributed by atoms with Gasteiger partial charge >= 0.3 is 0 Å². The molecule has 17 heavy (non-hydrogen) atoms. The first kappa shape index (κ1) is 11.8. The lowest BCUT2D eigenvalue weighted by Crippen LogP contribution is -2.23.